The van der Waals surface area contributed by atoms with Gasteiger partial charge in [0.1, 0.15) is 6.33 Å². The SMILES string of the molecule is CCCCCCCCNC(N)=NCc1cccc(-c2ncn[nH]2)c1.I. The molecule has 138 valence electrons. The number of nitrogens with two attached hydrogens (primary N) is 1. The molecule has 1 aromatic carbocycles. The minimum absolute atomic E-state index is 0. The molecule has 4 N–H and O–H groups in total. The van der Waals surface area contributed by atoms with E-state index in [0.717, 1.165) is 29.9 Å². The summed E-state index contributed by atoms with van der Waals surface area (Å²) in [5, 5.41) is 9.92. The lowest BCUT2D eigenvalue weighted by atomic mass is 10.1. The van der Waals surface area contributed by atoms with Gasteiger partial charge in [-0.2, -0.15) is 5.10 Å². The predicted octanol–water partition coefficient (Wildman–Crippen LogP) is 3.85. The second-order valence-corrected chi connectivity index (χ2v) is 5.93. The first-order valence-corrected chi connectivity index (χ1v) is 8.78. The van der Waals surface area contributed by atoms with Crippen LogP contribution in [0.3, 0.4) is 0 Å². The van der Waals surface area contributed by atoms with E-state index in [1.165, 1.54) is 38.4 Å². The molecule has 0 bridgehead atoms. The summed E-state index contributed by atoms with van der Waals surface area (Å²) < 4.78 is 0. The number of halogens is 1. The summed E-state index contributed by atoms with van der Waals surface area (Å²) in [5.74, 6) is 1.27. The quantitative estimate of drug-likeness (QED) is 0.219. The maximum Gasteiger partial charge on any atom is 0.188 e. The van der Waals surface area contributed by atoms with Crippen LogP contribution < -0.4 is 11.1 Å². The first-order valence-electron chi connectivity index (χ1n) is 8.78. The third kappa shape index (κ3) is 8.33. The van der Waals surface area contributed by atoms with E-state index in [9.17, 15) is 0 Å². The van der Waals surface area contributed by atoms with E-state index in [1.54, 1.807) is 0 Å². The largest absolute Gasteiger partial charge is 0.370 e. The number of aromatic amines is 1. The van der Waals surface area contributed by atoms with Gasteiger partial charge in [0.2, 0.25) is 0 Å². The highest BCUT2D eigenvalue weighted by Crippen LogP contribution is 2.15. The van der Waals surface area contributed by atoms with Crippen LogP contribution in [0.5, 0.6) is 0 Å². The van der Waals surface area contributed by atoms with Crippen LogP contribution in [0.4, 0.5) is 0 Å². The fourth-order valence-electron chi connectivity index (χ4n) is 2.52. The van der Waals surface area contributed by atoms with E-state index < -0.39 is 0 Å². The molecule has 0 atom stereocenters. The second kappa shape index (κ2) is 12.7. The monoisotopic (exact) mass is 456 g/mol. The van der Waals surface area contributed by atoms with E-state index in [0.29, 0.717) is 12.5 Å². The van der Waals surface area contributed by atoms with Gasteiger partial charge in [-0.05, 0) is 18.1 Å². The second-order valence-electron chi connectivity index (χ2n) is 5.93. The highest BCUT2D eigenvalue weighted by Gasteiger charge is 2.01. The first kappa shape index (κ1) is 21.4. The molecule has 0 unspecified atom stereocenters. The maximum atomic E-state index is 5.93. The van der Waals surface area contributed by atoms with Gasteiger partial charge in [0.15, 0.2) is 11.8 Å². The summed E-state index contributed by atoms with van der Waals surface area (Å²) in [6.45, 7) is 3.68. The standard InChI is InChI=1S/C18H28N6.HI/c1-2-3-4-5-6-7-11-20-18(19)21-13-15-9-8-10-16(12-15)17-22-14-23-24-17;/h8-10,12,14H,2-7,11,13H2,1H3,(H3,19,20,21)(H,22,23,24);1H. The molecule has 2 aromatic rings. The lowest BCUT2D eigenvalue weighted by Crippen LogP contribution is -2.32. The molecule has 0 saturated carbocycles. The van der Waals surface area contributed by atoms with E-state index >= 15 is 0 Å². The van der Waals surface area contributed by atoms with E-state index in [2.05, 4.69) is 32.4 Å². The molecule has 0 spiro atoms. The molecular formula is C18H29IN6. The highest BCUT2D eigenvalue weighted by molar-refractivity contribution is 14.0. The molecule has 0 saturated heterocycles. The van der Waals surface area contributed by atoms with Crippen molar-refractivity contribution in [3.05, 3.63) is 36.2 Å². The van der Waals surface area contributed by atoms with Gasteiger partial charge in [0, 0.05) is 12.1 Å². The van der Waals surface area contributed by atoms with Crippen LogP contribution in [0, 0.1) is 0 Å². The molecule has 0 aliphatic rings. The Hall–Kier alpha value is -1.64. The number of H-pyrrole nitrogens is 1. The molecule has 0 amide bonds. The van der Waals surface area contributed by atoms with Crippen molar-refractivity contribution in [3.63, 3.8) is 0 Å². The van der Waals surface area contributed by atoms with Gasteiger partial charge >= 0.3 is 0 Å². The van der Waals surface area contributed by atoms with E-state index in [-0.39, 0.29) is 24.0 Å². The number of unbranched alkanes of at least 4 members (excludes halogenated alkanes) is 5. The van der Waals surface area contributed by atoms with Crippen LogP contribution in [0.2, 0.25) is 0 Å². The van der Waals surface area contributed by atoms with Crippen LogP contribution in [0.15, 0.2) is 35.6 Å². The smallest absolute Gasteiger partial charge is 0.188 e. The first-order chi connectivity index (χ1) is 11.8. The molecular weight excluding hydrogens is 427 g/mol. The van der Waals surface area contributed by atoms with Gasteiger partial charge in [0.05, 0.1) is 6.54 Å². The topological polar surface area (TPSA) is 92.0 Å². The van der Waals surface area contributed by atoms with Gasteiger partial charge in [0.25, 0.3) is 0 Å². The van der Waals surface area contributed by atoms with Crippen molar-refractivity contribution in [2.75, 3.05) is 6.54 Å². The number of hydrogen-bond donors (Lipinski definition) is 3. The molecule has 1 heterocycles. The number of nitrogens with zero attached hydrogens (tertiary/aromatic N) is 3. The molecule has 25 heavy (non-hydrogen) atoms. The van der Waals surface area contributed by atoms with Crippen molar-refractivity contribution in [2.45, 2.75) is 52.0 Å². The van der Waals surface area contributed by atoms with Crippen LogP contribution >= 0.6 is 24.0 Å². The normalized spacial score (nSPS) is 11.2. The molecule has 0 fully saturated rings. The molecule has 1 aromatic heterocycles. The number of guanidine groups is 1. The van der Waals surface area contributed by atoms with Gasteiger partial charge in [-0.3, -0.25) is 5.10 Å². The van der Waals surface area contributed by atoms with Crippen LogP contribution in [-0.4, -0.2) is 27.7 Å². The van der Waals surface area contributed by atoms with Gasteiger partial charge < -0.3 is 11.1 Å². The number of aliphatic imine (C=N–C) groups is 1. The van der Waals surface area contributed by atoms with E-state index in [1.807, 2.05) is 24.3 Å². The highest BCUT2D eigenvalue weighted by atomic mass is 127. The summed E-state index contributed by atoms with van der Waals surface area (Å²) in [6.07, 6.45) is 9.16. The Morgan fingerprint density at radius 2 is 2.00 bits per heavy atom. The molecule has 0 radical (unpaired) electrons. The van der Waals surface area contributed by atoms with Crippen molar-refractivity contribution in [1.82, 2.24) is 20.5 Å². The molecule has 0 aliphatic heterocycles. The molecule has 7 heteroatoms. The number of aromatic nitrogens is 3. The van der Waals surface area contributed by atoms with Crippen LogP contribution in [0.1, 0.15) is 51.0 Å². The maximum absolute atomic E-state index is 5.93. The lowest BCUT2D eigenvalue weighted by molar-refractivity contribution is 0.601. The molecule has 2 rings (SSSR count). The average Bonchev–Trinajstić information content (AvgIpc) is 3.14. The number of nitrogens with one attached hydrogen (secondary N) is 2. The van der Waals surface area contributed by atoms with E-state index in [4.69, 9.17) is 5.73 Å². The summed E-state index contributed by atoms with van der Waals surface area (Å²) in [5.41, 5.74) is 8.02. The Morgan fingerprint density at radius 1 is 1.20 bits per heavy atom. The van der Waals surface area contributed by atoms with Crippen molar-refractivity contribution in [2.24, 2.45) is 10.7 Å². The van der Waals surface area contributed by atoms with Crippen molar-refractivity contribution in [3.8, 4) is 11.4 Å². The van der Waals surface area contributed by atoms with Crippen molar-refractivity contribution in [1.29, 1.82) is 0 Å². The van der Waals surface area contributed by atoms with Crippen molar-refractivity contribution < 1.29 is 0 Å². The Labute approximate surface area is 167 Å². The molecule has 0 aliphatic carbocycles. The Kier molecular flexibility index (Phi) is 10.9. The summed E-state index contributed by atoms with van der Waals surface area (Å²) in [4.78, 5) is 8.56. The fourth-order valence-corrected chi connectivity index (χ4v) is 2.52. The number of rotatable bonds is 10. The zero-order chi connectivity index (χ0) is 17.0. The average molecular weight is 456 g/mol. The number of benzene rings is 1. The third-order valence-corrected chi connectivity index (χ3v) is 3.88. The predicted molar refractivity (Wildman–Crippen MR) is 114 cm³/mol. The zero-order valence-corrected chi connectivity index (χ0v) is 17.2. The van der Waals surface area contributed by atoms with Gasteiger partial charge in [-0.15, -0.1) is 24.0 Å². The van der Waals surface area contributed by atoms with Crippen molar-refractivity contribution >= 4 is 29.9 Å². The minimum Gasteiger partial charge on any atom is -0.370 e. The lowest BCUT2D eigenvalue weighted by Gasteiger charge is -2.06. The third-order valence-electron chi connectivity index (χ3n) is 3.88. The molecule has 6 nitrogen and oxygen atoms in total. The Morgan fingerprint density at radius 3 is 2.76 bits per heavy atom. The summed E-state index contributed by atoms with van der Waals surface area (Å²) in [7, 11) is 0. The summed E-state index contributed by atoms with van der Waals surface area (Å²) >= 11 is 0. The van der Waals surface area contributed by atoms with Crippen LogP contribution in [0.25, 0.3) is 11.4 Å². The Balaban J connectivity index is 0.00000312. The van der Waals surface area contributed by atoms with Gasteiger partial charge in [-0.1, -0.05) is 57.2 Å². The fraction of sp³-hybridized carbons (Fsp3) is 0.500. The van der Waals surface area contributed by atoms with Gasteiger partial charge in [-0.25, -0.2) is 9.98 Å². The Bertz CT molecular complexity index is 612. The zero-order valence-electron chi connectivity index (χ0n) is 14.9. The van der Waals surface area contributed by atoms with Crippen LogP contribution in [-0.2, 0) is 6.54 Å². The minimum atomic E-state index is 0. The number of hydrogen-bond acceptors (Lipinski definition) is 3. The summed E-state index contributed by atoms with van der Waals surface area (Å²) in [6, 6.07) is 8.06.